The van der Waals surface area contributed by atoms with Crippen LogP contribution in [0.25, 0.3) is 10.9 Å². The fourth-order valence-corrected chi connectivity index (χ4v) is 4.13. The van der Waals surface area contributed by atoms with Gasteiger partial charge in [0, 0.05) is 61.5 Å². The predicted molar refractivity (Wildman–Crippen MR) is 112 cm³/mol. The number of nitrogens with two attached hydrogens (primary N) is 1. The number of para-hydroxylation sites is 1. The highest BCUT2D eigenvalue weighted by Crippen LogP contribution is 2.26. The summed E-state index contributed by atoms with van der Waals surface area (Å²) in [5, 5.41) is 1.33. The molecule has 0 fully saturated rings. The molecular weight excluding hydrogens is 346 g/mol. The third kappa shape index (κ3) is 3.25. The second kappa shape index (κ2) is 7.09. The van der Waals surface area contributed by atoms with Gasteiger partial charge >= 0.3 is 0 Å². The van der Waals surface area contributed by atoms with Crippen LogP contribution in [-0.2, 0) is 26.1 Å². The standard InChI is InChI=1S/C23H23N5/c24-23-25-12-18-14-27(11-10-21(18)26-23)15-19-16-28(13-17-6-2-1-3-7-17)22-9-5-4-8-20(19)22/h1-9,12,16H,10-11,13-15H2,(H2,24,25,26). The Bertz CT molecular complexity index is 1120. The van der Waals surface area contributed by atoms with E-state index in [9.17, 15) is 0 Å². The van der Waals surface area contributed by atoms with Crippen LogP contribution in [-0.4, -0.2) is 26.0 Å². The lowest BCUT2D eigenvalue weighted by Crippen LogP contribution is -2.31. The molecule has 4 aromatic rings. The zero-order valence-corrected chi connectivity index (χ0v) is 15.8. The van der Waals surface area contributed by atoms with E-state index >= 15 is 0 Å². The van der Waals surface area contributed by atoms with Crippen molar-refractivity contribution in [3.05, 3.63) is 89.4 Å². The summed E-state index contributed by atoms with van der Waals surface area (Å²) in [5.74, 6) is 0.371. The lowest BCUT2D eigenvalue weighted by Gasteiger charge is -2.27. The highest BCUT2D eigenvalue weighted by atomic mass is 15.1. The minimum Gasteiger partial charge on any atom is -0.368 e. The van der Waals surface area contributed by atoms with E-state index in [1.807, 2.05) is 6.20 Å². The minimum absolute atomic E-state index is 0.371. The van der Waals surface area contributed by atoms with Crippen LogP contribution in [0.3, 0.4) is 0 Å². The van der Waals surface area contributed by atoms with Gasteiger partial charge in [0.05, 0.1) is 5.69 Å². The number of fused-ring (bicyclic) bond motifs is 2. The topological polar surface area (TPSA) is 60.0 Å². The Balaban J connectivity index is 1.43. The fraction of sp³-hybridized carbons (Fsp3) is 0.217. The largest absolute Gasteiger partial charge is 0.368 e. The fourth-order valence-electron chi connectivity index (χ4n) is 4.13. The first-order valence-electron chi connectivity index (χ1n) is 9.69. The van der Waals surface area contributed by atoms with Crippen LogP contribution in [0.4, 0.5) is 5.95 Å². The first kappa shape index (κ1) is 17.0. The molecule has 0 radical (unpaired) electrons. The maximum Gasteiger partial charge on any atom is 0.220 e. The van der Waals surface area contributed by atoms with Crippen molar-refractivity contribution in [3.8, 4) is 0 Å². The van der Waals surface area contributed by atoms with Crippen LogP contribution in [0.1, 0.15) is 22.4 Å². The second-order valence-electron chi connectivity index (χ2n) is 7.45. The molecule has 0 saturated heterocycles. The Morgan fingerprint density at radius 3 is 2.68 bits per heavy atom. The maximum absolute atomic E-state index is 5.73. The third-order valence-electron chi connectivity index (χ3n) is 5.49. The molecule has 1 aliphatic rings. The Morgan fingerprint density at radius 1 is 0.964 bits per heavy atom. The number of hydrogen-bond donors (Lipinski definition) is 1. The van der Waals surface area contributed by atoms with Gasteiger partial charge in [-0.3, -0.25) is 4.90 Å². The van der Waals surface area contributed by atoms with Gasteiger partial charge in [-0.15, -0.1) is 0 Å². The van der Waals surface area contributed by atoms with E-state index in [0.29, 0.717) is 5.95 Å². The van der Waals surface area contributed by atoms with E-state index in [-0.39, 0.29) is 0 Å². The van der Waals surface area contributed by atoms with Gasteiger partial charge in [-0.2, -0.15) is 0 Å². The number of rotatable bonds is 4. The van der Waals surface area contributed by atoms with Crippen molar-refractivity contribution >= 4 is 16.9 Å². The summed E-state index contributed by atoms with van der Waals surface area (Å²) >= 11 is 0. The molecular formula is C23H23N5. The van der Waals surface area contributed by atoms with E-state index in [0.717, 1.165) is 38.3 Å². The van der Waals surface area contributed by atoms with E-state index in [1.54, 1.807) is 0 Å². The van der Waals surface area contributed by atoms with Gasteiger partial charge in [0.1, 0.15) is 0 Å². The smallest absolute Gasteiger partial charge is 0.220 e. The Hall–Kier alpha value is -3.18. The van der Waals surface area contributed by atoms with E-state index in [1.165, 1.54) is 27.6 Å². The zero-order chi connectivity index (χ0) is 18.9. The molecule has 2 aromatic carbocycles. The molecule has 140 valence electrons. The van der Waals surface area contributed by atoms with Gasteiger partial charge in [-0.05, 0) is 17.2 Å². The molecule has 0 atom stereocenters. The van der Waals surface area contributed by atoms with Crippen LogP contribution < -0.4 is 5.73 Å². The van der Waals surface area contributed by atoms with Gasteiger partial charge in [0.15, 0.2) is 0 Å². The Morgan fingerprint density at radius 2 is 1.79 bits per heavy atom. The van der Waals surface area contributed by atoms with Gasteiger partial charge in [0.2, 0.25) is 5.95 Å². The molecule has 0 saturated carbocycles. The van der Waals surface area contributed by atoms with Crippen LogP contribution >= 0.6 is 0 Å². The molecule has 0 aliphatic carbocycles. The summed E-state index contributed by atoms with van der Waals surface area (Å²) in [6.45, 7) is 3.67. The number of hydrogen-bond acceptors (Lipinski definition) is 4. The molecule has 0 unspecified atom stereocenters. The number of nitrogens with zero attached hydrogens (tertiary/aromatic N) is 4. The monoisotopic (exact) mass is 369 g/mol. The molecule has 5 rings (SSSR count). The Labute approximate surface area is 164 Å². The average molecular weight is 369 g/mol. The maximum atomic E-state index is 5.73. The molecule has 28 heavy (non-hydrogen) atoms. The van der Waals surface area contributed by atoms with Crippen molar-refractivity contribution in [1.82, 2.24) is 19.4 Å². The quantitative estimate of drug-likeness (QED) is 0.597. The summed E-state index contributed by atoms with van der Waals surface area (Å²) < 4.78 is 2.36. The predicted octanol–water partition coefficient (Wildman–Crippen LogP) is 3.62. The third-order valence-corrected chi connectivity index (χ3v) is 5.49. The molecule has 5 heteroatoms. The average Bonchev–Trinajstić information content (AvgIpc) is 3.06. The lowest BCUT2D eigenvalue weighted by molar-refractivity contribution is 0.243. The van der Waals surface area contributed by atoms with Crippen molar-refractivity contribution in [2.75, 3.05) is 12.3 Å². The molecule has 3 heterocycles. The van der Waals surface area contributed by atoms with Crippen molar-refractivity contribution in [3.63, 3.8) is 0 Å². The minimum atomic E-state index is 0.371. The summed E-state index contributed by atoms with van der Waals surface area (Å²) in [6, 6.07) is 19.3. The van der Waals surface area contributed by atoms with Crippen molar-refractivity contribution < 1.29 is 0 Å². The van der Waals surface area contributed by atoms with Crippen LogP contribution in [0.15, 0.2) is 67.0 Å². The van der Waals surface area contributed by atoms with Crippen LogP contribution in [0.2, 0.25) is 0 Å². The molecule has 2 N–H and O–H groups in total. The molecule has 2 aromatic heterocycles. The van der Waals surface area contributed by atoms with Gasteiger partial charge in [-0.1, -0.05) is 48.5 Å². The highest BCUT2D eigenvalue weighted by Gasteiger charge is 2.20. The van der Waals surface area contributed by atoms with Gasteiger partial charge < -0.3 is 10.3 Å². The van der Waals surface area contributed by atoms with E-state index in [2.05, 4.69) is 80.2 Å². The van der Waals surface area contributed by atoms with Crippen molar-refractivity contribution in [2.24, 2.45) is 0 Å². The zero-order valence-electron chi connectivity index (χ0n) is 15.8. The summed E-state index contributed by atoms with van der Waals surface area (Å²) in [4.78, 5) is 11.0. The van der Waals surface area contributed by atoms with Gasteiger partial charge in [0.25, 0.3) is 0 Å². The normalized spacial score (nSPS) is 14.3. The molecule has 5 nitrogen and oxygen atoms in total. The van der Waals surface area contributed by atoms with Crippen LogP contribution in [0, 0.1) is 0 Å². The first-order valence-corrected chi connectivity index (χ1v) is 9.69. The van der Waals surface area contributed by atoms with Crippen LogP contribution in [0.5, 0.6) is 0 Å². The second-order valence-corrected chi connectivity index (χ2v) is 7.45. The summed E-state index contributed by atoms with van der Waals surface area (Å²) in [6.07, 6.45) is 5.11. The Kier molecular flexibility index (Phi) is 4.29. The number of benzene rings is 2. The number of aromatic nitrogens is 3. The van der Waals surface area contributed by atoms with Crippen molar-refractivity contribution in [2.45, 2.75) is 26.1 Å². The van der Waals surface area contributed by atoms with Crippen molar-refractivity contribution in [1.29, 1.82) is 0 Å². The molecule has 0 bridgehead atoms. The van der Waals surface area contributed by atoms with E-state index < -0.39 is 0 Å². The molecule has 0 amide bonds. The highest BCUT2D eigenvalue weighted by molar-refractivity contribution is 5.84. The molecule has 0 spiro atoms. The SMILES string of the molecule is Nc1ncc2c(n1)CCN(Cc1cn(Cc3ccccc3)c3ccccc13)C2. The number of nitrogen functional groups attached to an aromatic ring is 1. The van der Waals surface area contributed by atoms with E-state index in [4.69, 9.17) is 5.73 Å². The lowest BCUT2D eigenvalue weighted by atomic mass is 10.1. The first-order chi connectivity index (χ1) is 13.8. The van der Waals surface area contributed by atoms with Gasteiger partial charge in [-0.25, -0.2) is 9.97 Å². The summed E-state index contributed by atoms with van der Waals surface area (Å²) in [5.41, 5.74) is 12.0. The summed E-state index contributed by atoms with van der Waals surface area (Å²) in [7, 11) is 0. The number of anilines is 1. The molecule has 1 aliphatic heterocycles.